The van der Waals surface area contributed by atoms with Crippen LogP contribution in [0.4, 0.5) is 0 Å². The lowest BCUT2D eigenvalue weighted by Crippen LogP contribution is -2.28. The molecular formula is C132H86N2. The van der Waals surface area contributed by atoms with Crippen molar-refractivity contribution in [2.45, 2.75) is 22.7 Å². The molecule has 2 aromatic heterocycles. The summed E-state index contributed by atoms with van der Waals surface area (Å²) in [5, 5.41) is 10.2. The Kier molecular flexibility index (Phi) is 17.7. The lowest BCUT2D eigenvalue weighted by Gasteiger charge is -2.34. The molecule has 2 heteroatoms. The van der Waals surface area contributed by atoms with Gasteiger partial charge in [0.25, 0.3) is 0 Å². The van der Waals surface area contributed by atoms with Crippen LogP contribution in [0.5, 0.6) is 0 Å². The van der Waals surface area contributed by atoms with E-state index < -0.39 is 10.8 Å². The van der Waals surface area contributed by atoms with Crippen LogP contribution in [0.1, 0.15) is 89.7 Å². The number of rotatable bonds is 12. The van der Waals surface area contributed by atoms with Crippen LogP contribution in [-0.2, 0) is 10.8 Å². The normalized spacial score (nSPS) is 14.2. The van der Waals surface area contributed by atoms with Gasteiger partial charge in [-0.25, -0.2) is 0 Å². The summed E-state index contributed by atoms with van der Waals surface area (Å²) in [6.07, 6.45) is 0. The maximum Gasteiger partial charge on any atom is 0.0720 e. The van der Waals surface area contributed by atoms with Gasteiger partial charge >= 0.3 is 0 Å². The topological polar surface area (TPSA) is 9.86 Å². The Hall–Kier alpha value is -17.0. The number of fused-ring (bicyclic) bond motifs is 22. The minimum atomic E-state index is -0.565. The molecule has 0 saturated heterocycles. The highest BCUT2D eigenvalue weighted by Gasteiger charge is 2.50. The molecule has 0 fully saturated rings. The monoisotopic (exact) mass is 1700 g/mol. The molecule has 24 aromatic rings. The average molecular weight is 1700 g/mol. The second kappa shape index (κ2) is 30.8. The first kappa shape index (κ1) is 77.0. The molecule has 2 unspecified atom stereocenters. The van der Waals surface area contributed by atoms with Gasteiger partial charge in [-0.05, 0) is 261 Å². The fourth-order valence-corrected chi connectivity index (χ4v) is 24.2. The van der Waals surface area contributed by atoms with Gasteiger partial charge in [0.1, 0.15) is 0 Å². The van der Waals surface area contributed by atoms with E-state index in [4.69, 9.17) is 0 Å². The largest absolute Gasteiger partial charge is 0.309 e. The predicted octanol–water partition coefficient (Wildman–Crippen LogP) is 33.6. The molecular weight excluding hydrogens is 1610 g/mol. The lowest BCUT2D eigenvalue weighted by atomic mass is 9.67. The highest BCUT2D eigenvalue weighted by atomic mass is 15.0. The molecule has 4 aliphatic rings. The van der Waals surface area contributed by atoms with Gasteiger partial charge < -0.3 is 9.13 Å². The van der Waals surface area contributed by atoms with Crippen molar-refractivity contribution in [1.82, 2.24) is 9.13 Å². The molecule has 4 aliphatic carbocycles. The maximum atomic E-state index is 2.51. The van der Waals surface area contributed by atoms with E-state index in [0.717, 1.165) is 11.4 Å². The van der Waals surface area contributed by atoms with Crippen LogP contribution in [0, 0.1) is 0 Å². The van der Waals surface area contributed by atoms with Gasteiger partial charge in [-0.15, -0.1) is 0 Å². The van der Waals surface area contributed by atoms with Crippen molar-refractivity contribution >= 4 is 65.2 Å². The number of aromatic nitrogens is 2. The van der Waals surface area contributed by atoms with Crippen LogP contribution < -0.4 is 0 Å². The first-order chi connectivity index (χ1) is 66.5. The predicted molar refractivity (Wildman–Crippen MR) is 559 cm³/mol. The summed E-state index contributed by atoms with van der Waals surface area (Å²) in [6.45, 7) is 0. The van der Waals surface area contributed by atoms with E-state index in [0.29, 0.717) is 0 Å². The Balaban J connectivity index is 0.000000136. The Morgan fingerprint density at radius 1 is 0.179 bits per heavy atom. The SMILES string of the molecule is c1ccc(-c2cccc(-n3c4ccc(-c5ccc6c(c5)-c5ccccc5C6c5ccc6ccccc6c5)cc4c4c5c(ccc43)-c3ccccc3C5(c3ccccc3)c3ccccc3)c2)cc1.c1ccc(-c2cccc(-n3c4ccc(-c5ccc6c(c5)-c5ccccc5C6c5ccc6ccccc6c5)cc4c4c5c(ccc43)C(c3ccccc3)(c3ccccc3)c3ccccc3-5)c2)cc1. The van der Waals surface area contributed by atoms with Gasteiger partial charge in [0.05, 0.1) is 32.9 Å². The third kappa shape index (κ3) is 11.7. The zero-order valence-electron chi connectivity index (χ0n) is 73.5. The van der Waals surface area contributed by atoms with E-state index in [1.807, 2.05) is 0 Å². The average Bonchev–Trinajstić information content (AvgIpc) is 1.51. The maximum absolute atomic E-state index is 2.51. The van der Waals surface area contributed by atoms with Crippen molar-refractivity contribution in [2.24, 2.45) is 0 Å². The molecule has 28 rings (SSSR count). The number of hydrogen-bond acceptors (Lipinski definition) is 0. The number of nitrogens with zero attached hydrogens (tertiary/aromatic N) is 2. The number of hydrogen-bond donors (Lipinski definition) is 0. The van der Waals surface area contributed by atoms with Crippen LogP contribution >= 0.6 is 0 Å². The van der Waals surface area contributed by atoms with Crippen molar-refractivity contribution in [3.63, 3.8) is 0 Å². The van der Waals surface area contributed by atoms with E-state index in [2.05, 4.69) is 519 Å². The molecule has 0 N–H and O–H groups in total. The number of benzene rings is 22. The van der Waals surface area contributed by atoms with E-state index in [1.54, 1.807) is 0 Å². The fourth-order valence-electron chi connectivity index (χ4n) is 24.2. The first-order valence-electron chi connectivity index (χ1n) is 46.9. The van der Waals surface area contributed by atoms with Gasteiger partial charge in [0.15, 0.2) is 0 Å². The summed E-state index contributed by atoms with van der Waals surface area (Å²) >= 11 is 0. The minimum absolute atomic E-state index is 0.172. The fraction of sp³-hybridized carbons (Fsp3) is 0.0303. The molecule has 2 heterocycles. The Morgan fingerprint density at radius 2 is 0.530 bits per heavy atom. The molecule has 0 radical (unpaired) electrons. The standard InChI is InChI=1S/2C66H43N/c1-4-17-43(18-5-1)46-21-16-26-52(40-46)67-61-37-34-48(47-33-35-56-58(41-47)53-27-12-13-29-55(53)63(56)49-32-31-44-19-10-11-20-45(44)39-49)42-59(61)64-62(67)38-36-57-54-28-14-15-30-60(54)66(65(57)64,50-22-6-2-7-23-50)51-24-8-3-9-25-51;1-4-17-43(18-5-1)46-21-16-26-52(40-46)67-61-37-34-48(47-33-35-55-57(41-47)53-27-12-13-28-54(53)63(55)49-32-31-44-19-10-11-20-45(44)39-49)42-58(61)65-62(67)38-36-60-64(65)56-29-14-15-30-59(56)66(60,50-22-6-2-7-23-50)51-24-8-3-9-25-51/h2*1-42,63H. The zero-order chi connectivity index (χ0) is 88.1. The third-order valence-electron chi connectivity index (χ3n) is 29.8. The van der Waals surface area contributed by atoms with E-state index in [1.165, 1.54) is 232 Å². The molecule has 2 nitrogen and oxygen atoms in total. The molecule has 0 saturated carbocycles. The Bertz CT molecular complexity index is 8780. The van der Waals surface area contributed by atoms with Gasteiger partial charge in [0.2, 0.25) is 0 Å². The summed E-state index contributed by atoms with van der Waals surface area (Å²) in [5.74, 6) is 0.347. The summed E-state index contributed by atoms with van der Waals surface area (Å²) in [5.41, 5.74) is 44.6. The third-order valence-corrected chi connectivity index (χ3v) is 29.8. The Labute approximate surface area is 779 Å². The smallest absolute Gasteiger partial charge is 0.0720 e. The van der Waals surface area contributed by atoms with Crippen molar-refractivity contribution < 1.29 is 0 Å². The molecule has 0 aliphatic heterocycles. The summed E-state index contributed by atoms with van der Waals surface area (Å²) in [6, 6.07) is 190. The highest BCUT2D eigenvalue weighted by molar-refractivity contribution is 6.20. The van der Waals surface area contributed by atoms with Crippen molar-refractivity contribution in [1.29, 1.82) is 0 Å². The van der Waals surface area contributed by atoms with Crippen molar-refractivity contribution in [2.75, 3.05) is 0 Å². The molecule has 0 spiro atoms. The van der Waals surface area contributed by atoms with Crippen LogP contribution in [0.15, 0.2) is 510 Å². The summed E-state index contributed by atoms with van der Waals surface area (Å²) < 4.78 is 5.01. The van der Waals surface area contributed by atoms with E-state index in [-0.39, 0.29) is 11.8 Å². The summed E-state index contributed by atoms with van der Waals surface area (Å²) in [7, 11) is 0. The molecule has 624 valence electrons. The summed E-state index contributed by atoms with van der Waals surface area (Å²) in [4.78, 5) is 0. The molecule has 22 aromatic carbocycles. The van der Waals surface area contributed by atoms with Crippen LogP contribution in [0.25, 0.3) is 166 Å². The quantitative estimate of drug-likeness (QED) is 0.115. The van der Waals surface area contributed by atoms with Crippen LogP contribution in [0.2, 0.25) is 0 Å². The highest BCUT2D eigenvalue weighted by Crippen LogP contribution is 2.63. The first-order valence-corrected chi connectivity index (χ1v) is 46.9. The second-order valence-corrected chi connectivity index (χ2v) is 36.6. The molecule has 2 atom stereocenters. The van der Waals surface area contributed by atoms with E-state index in [9.17, 15) is 0 Å². The molecule has 0 amide bonds. The lowest BCUT2D eigenvalue weighted by molar-refractivity contribution is 0.769. The van der Waals surface area contributed by atoms with Gasteiger partial charge in [-0.3, -0.25) is 0 Å². The van der Waals surface area contributed by atoms with Crippen LogP contribution in [0.3, 0.4) is 0 Å². The van der Waals surface area contributed by atoms with Crippen LogP contribution in [-0.4, -0.2) is 9.13 Å². The van der Waals surface area contributed by atoms with Gasteiger partial charge in [0, 0.05) is 44.8 Å². The molecule has 0 bridgehead atoms. The minimum Gasteiger partial charge on any atom is -0.309 e. The second-order valence-electron chi connectivity index (χ2n) is 36.6. The zero-order valence-corrected chi connectivity index (χ0v) is 73.5. The van der Waals surface area contributed by atoms with Gasteiger partial charge in [-0.2, -0.15) is 0 Å². The van der Waals surface area contributed by atoms with Crippen molar-refractivity contribution in [3.8, 4) is 100 Å². The Morgan fingerprint density at radius 3 is 1.02 bits per heavy atom. The van der Waals surface area contributed by atoms with Gasteiger partial charge in [-0.1, -0.05) is 437 Å². The molecule has 134 heavy (non-hydrogen) atoms. The van der Waals surface area contributed by atoms with Crippen molar-refractivity contribution in [3.05, 3.63) is 587 Å². The van der Waals surface area contributed by atoms with E-state index >= 15 is 0 Å².